The average molecular weight is 300 g/mol. The molecular weight excluding hydrogens is 276 g/mol. The van der Waals surface area contributed by atoms with E-state index >= 15 is 0 Å². The minimum Gasteiger partial charge on any atom is -0.337 e. The second kappa shape index (κ2) is 7.01. The number of pyridine rings is 1. The van der Waals surface area contributed by atoms with Gasteiger partial charge in [-0.15, -0.1) is 0 Å². The van der Waals surface area contributed by atoms with Crippen molar-refractivity contribution in [3.63, 3.8) is 0 Å². The van der Waals surface area contributed by atoms with E-state index in [-0.39, 0.29) is 6.04 Å². The van der Waals surface area contributed by atoms with Crippen LogP contribution in [0.15, 0.2) is 29.0 Å². The molecule has 1 fully saturated rings. The number of nitrogens with zero attached hydrogens (tertiary/aromatic N) is 3. The summed E-state index contributed by atoms with van der Waals surface area (Å²) in [6, 6.07) is 4.50. The van der Waals surface area contributed by atoms with Gasteiger partial charge in [-0.1, -0.05) is 38.3 Å². The van der Waals surface area contributed by atoms with Gasteiger partial charge in [-0.2, -0.15) is 4.98 Å². The zero-order valence-electron chi connectivity index (χ0n) is 13.3. The van der Waals surface area contributed by atoms with Crippen LogP contribution < -0.4 is 5.32 Å². The molecule has 1 aliphatic rings. The van der Waals surface area contributed by atoms with Gasteiger partial charge in [-0.05, 0) is 30.9 Å². The van der Waals surface area contributed by atoms with Crippen LogP contribution in [-0.4, -0.2) is 21.2 Å². The molecule has 118 valence electrons. The van der Waals surface area contributed by atoms with Crippen LogP contribution in [0.25, 0.3) is 11.4 Å². The first-order chi connectivity index (χ1) is 10.7. The molecule has 1 atom stereocenters. The highest BCUT2D eigenvalue weighted by molar-refractivity contribution is 5.51. The van der Waals surface area contributed by atoms with Crippen molar-refractivity contribution in [2.24, 2.45) is 5.92 Å². The molecule has 0 aliphatic heterocycles. The monoisotopic (exact) mass is 300 g/mol. The molecule has 2 aromatic heterocycles. The van der Waals surface area contributed by atoms with E-state index in [1.54, 1.807) is 12.4 Å². The summed E-state index contributed by atoms with van der Waals surface area (Å²) in [6.07, 6.45) is 9.97. The lowest BCUT2D eigenvalue weighted by atomic mass is 9.93. The molecule has 1 N–H and O–H groups in total. The van der Waals surface area contributed by atoms with Gasteiger partial charge in [0, 0.05) is 24.0 Å². The minimum absolute atomic E-state index is 0.112. The fourth-order valence-electron chi connectivity index (χ4n) is 3.05. The second-order valence-electron chi connectivity index (χ2n) is 6.42. The number of nitrogens with one attached hydrogen (secondary N) is 1. The van der Waals surface area contributed by atoms with Gasteiger partial charge < -0.3 is 9.84 Å². The first-order valence-corrected chi connectivity index (χ1v) is 8.24. The number of aromatic nitrogens is 3. The van der Waals surface area contributed by atoms with Crippen molar-refractivity contribution in [1.29, 1.82) is 0 Å². The van der Waals surface area contributed by atoms with Gasteiger partial charge >= 0.3 is 0 Å². The van der Waals surface area contributed by atoms with E-state index in [1.807, 2.05) is 12.1 Å². The van der Waals surface area contributed by atoms with E-state index < -0.39 is 0 Å². The van der Waals surface area contributed by atoms with Gasteiger partial charge in [0.2, 0.25) is 11.7 Å². The van der Waals surface area contributed by atoms with Gasteiger partial charge in [0.1, 0.15) is 0 Å². The van der Waals surface area contributed by atoms with Gasteiger partial charge in [-0.3, -0.25) is 4.98 Å². The third-order valence-corrected chi connectivity index (χ3v) is 4.31. The highest BCUT2D eigenvalue weighted by Crippen LogP contribution is 2.26. The lowest BCUT2D eigenvalue weighted by Crippen LogP contribution is -2.36. The Bertz CT molecular complexity index is 575. The summed E-state index contributed by atoms with van der Waals surface area (Å²) in [6.45, 7) is 4.38. The molecule has 5 nitrogen and oxygen atoms in total. The molecule has 0 spiro atoms. The third-order valence-electron chi connectivity index (χ3n) is 4.31. The normalized spacial score (nSPS) is 17.8. The summed E-state index contributed by atoms with van der Waals surface area (Å²) in [4.78, 5) is 8.69. The largest absolute Gasteiger partial charge is 0.337 e. The van der Waals surface area contributed by atoms with E-state index in [0.29, 0.717) is 23.7 Å². The molecule has 3 rings (SSSR count). The second-order valence-corrected chi connectivity index (χ2v) is 6.42. The van der Waals surface area contributed by atoms with Crippen LogP contribution >= 0.6 is 0 Å². The summed E-state index contributed by atoms with van der Waals surface area (Å²) in [5.74, 6) is 1.70. The van der Waals surface area contributed by atoms with E-state index in [4.69, 9.17) is 4.52 Å². The van der Waals surface area contributed by atoms with Crippen LogP contribution in [0.1, 0.15) is 57.9 Å². The zero-order chi connectivity index (χ0) is 15.4. The summed E-state index contributed by atoms with van der Waals surface area (Å²) in [7, 11) is 0. The molecule has 0 saturated heterocycles. The summed E-state index contributed by atoms with van der Waals surface area (Å²) in [5, 5.41) is 7.84. The van der Waals surface area contributed by atoms with Crippen LogP contribution in [-0.2, 0) is 0 Å². The van der Waals surface area contributed by atoms with Crippen LogP contribution in [0.5, 0.6) is 0 Å². The maximum Gasteiger partial charge on any atom is 0.244 e. The highest BCUT2D eigenvalue weighted by Gasteiger charge is 2.26. The molecule has 0 radical (unpaired) electrons. The van der Waals surface area contributed by atoms with Crippen molar-refractivity contribution in [3.8, 4) is 11.4 Å². The van der Waals surface area contributed by atoms with Crippen molar-refractivity contribution in [1.82, 2.24) is 20.4 Å². The van der Waals surface area contributed by atoms with Gasteiger partial charge in [-0.25, -0.2) is 0 Å². The molecule has 0 bridgehead atoms. The molecule has 2 heterocycles. The lowest BCUT2D eigenvalue weighted by Gasteiger charge is -2.28. The number of hydrogen-bond donors (Lipinski definition) is 1. The van der Waals surface area contributed by atoms with Crippen molar-refractivity contribution in [3.05, 3.63) is 30.4 Å². The Morgan fingerprint density at radius 1 is 1.23 bits per heavy atom. The lowest BCUT2D eigenvalue weighted by molar-refractivity contribution is 0.246. The van der Waals surface area contributed by atoms with Crippen LogP contribution in [0, 0.1) is 5.92 Å². The molecule has 2 aromatic rings. The SMILES string of the molecule is CC(C)C(NC1CCCCC1)c1nc(-c2cccnc2)no1. The van der Waals surface area contributed by atoms with Crippen molar-refractivity contribution in [2.75, 3.05) is 0 Å². The summed E-state index contributed by atoms with van der Waals surface area (Å²) < 4.78 is 5.53. The van der Waals surface area contributed by atoms with Gasteiger partial charge in [0.15, 0.2) is 0 Å². The number of rotatable bonds is 5. The van der Waals surface area contributed by atoms with E-state index in [0.717, 1.165) is 5.56 Å². The first-order valence-electron chi connectivity index (χ1n) is 8.24. The zero-order valence-corrected chi connectivity index (χ0v) is 13.3. The summed E-state index contributed by atoms with van der Waals surface area (Å²) >= 11 is 0. The van der Waals surface area contributed by atoms with Crippen molar-refractivity contribution < 1.29 is 4.52 Å². The van der Waals surface area contributed by atoms with Crippen LogP contribution in [0.3, 0.4) is 0 Å². The Morgan fingerprint density at radius 3 is 2.73 bits per heavy atom. The Morgan fingerprint density at radius 2 is 2.05 bits per heavy atom. The van der Waals surface area contributed by atoms with Crippen molar-refractivity contribution >= 4 is 0 Å². The first kappa shape index (κ1) is 15.2. The van der Waals surface area contributed by atoms with E-state index in [1.165, 1.54) is 32.1 Å². The molecule has 1 aliphatic carbocycles. The molecule has 1 saturated carbocycles. The molecule has 0 amide bonds. The Labute approximate surface area is 131 Å². The third kappa shape index (κ3) is 3.53. The van der Waals surface area contributed by atoms with Crippen LogP contribution in [0.2, 0.25) is 0 Å². The fraction of sp³-hybridized carbons (Fsp3) is 0.588. The number of hydrogen-bond acceptors (Lipinski definition) is 5. The maximum absolute atomic E-state index is 5.53. The Kier molecular flexibility index (Phi) is 4.83. The van der Waals surface area contributed by atoms with Crippen molar-refractivity contribution in [2.45, 2.75) is 58.0 Å². The molecular formula is C17H24N4O. The molecule has 22 heavy (non-hydrogen) atoms. The minimum atomic E-state index is 0.112. The fourth-order valence-corrected chi connectivity index (χ4v) is 3.05. The Hall–Kier alpha value is -1.75. The topological polar surface area (TPSA) is 63.8 Å². The predicted molar refractivity (Wildman–Crippen MR) is 85.1 cm³/mol. The average Bonchev–Trinajstić information content (AvgIpc) is 3.04. The van der Waals surface area contributed by atoms with Crippen LogP contribution in [0.4, 0.5) is 0 Å². The van der Waals surface area contributed by atoms with Gasteiger partial charge in [0.05, 0.1) is 6.04 Å². The maximum atomic E-state index is 5.53. The summed E-state index contributed by atoms with van der Waals surface area (Å²) in [5.41, 5.74) is 0.887. The quantitative estimate of drug-likeness (QED) is 0.911. The molecule has 1 unspecified atom stereocenters. The standard InChI is InChI=1S/C17H24N4O/c1-12(2)15(19-14-8-4-3-5-9-14)17-20-16(21-22-17)13-7-6-10-18-11-13/h6-7,10-12,14-15,19H,3-5,8-9H2,1-2H3. The predicted octanol–water partition coefficient (Wildman–Crippen LogP) is 3.75. The molecule has 5 heteroatoms. The smallest absolute Gasteiger partial charge is 0.244 e. The van der Waals surface area contributed by atoms with E-state index in [9.17, 15) is 0 Å². The van der Waals surface area contributed by atoms with E-state index in [2.05, 4.69) is 34.3 Å². The molecule has 0 aromatic carbocycles. The van der Waals surface area contributed by atoms with Gasteiger partial charge in [0.25, 0.3) is 0 Å². The highest BCUT2D eigenvalue weighted by atomic mass is 16.5. The Balaban J connectivity index is 1.76.